The summed E-state index contributed by atoms with van der Waals surface area (Å²) in [6.07, 6.45) is 0. The van der Waals surface area contributed by atoms with Crippen LogP contribution in [0.5, 0.6) is 5.75 Å². The highest BCUT2D eigenvalue weighted by molar-refractivity contribution is 7.17. The van der Waals surface area contributed by atoms with E-state index in [9.17, 15) is 0 Å². The summed E-state index contributed by atoms with van der Waals surface area (Å²) in [7, 11) is 1.60. The minimum absolute atomic E-state index is 0.0155. The van der Waals surface area contributed by atoms with E-state index < -0.39 is 0 Å². The van der Waals surface area contributed by atoms with E-state index in [1.54, 1.807) is 7.11 Å². The van der Waals surface area contributed by atoms with E-state index in [1.807, 2.05) is 31.2 Å². The Morgan fingerprint density at radius 1 is 1.45 bits per heavy atom. The number of nitrogens with one attached hydrogen (secondary N) is 1. The first kappa shape index (κ1) is 14.5. The number of nitrogen functional groups attached to an aromatic ring is 1. The fourth-order valence-corrected chi connectivity index (χ4v) is 2.73. The third-order valence-electron chi connectivity index (χ3n) is 2.62. The maximum Gasteiger partial charge on any atom is 0.135 e. The minimum Gasteiger partial charge on any atom is -0.494 e. The summed E-state index contributed by atoms with van der Waals surface area (Å²) in [6, 6.07) is 7.72. The third kappa shape index (κ3) is 3.15. The average molecular weight is 291 g/mol. The van der Waals surface area contributed by atoms with E-state index in [1.165, 1.54) is 11.3 Å². The number of rotatable bonds is 6. The molecule has 1 aromatic heterocycles. The molecule has 0 fully saturated rings. The van der Waals surface area contributed by atoms with Crippen molar-refractivity contribution in [3.8, 4) is 16.3 Å². The van der Waals surface area contributed by atoms with Crippen LogP contribution in [0.2, 0.25) is 0 Å². The molecule has 0 saturated carbocycles. The van der Waals surface area contributed by atoms with E-state index >= 15 is 0 Å². The largest absolute Gasteiger partial charge is 0.494 e. The predicted molar refractivity (Wildman–Crippen MR) is 80.4 cm³/mol. The van der Waals surface area contributed by atoms with Crippen LogP contribution in [0.4, 0.5) is 0 Å². The Bertz CT molecular complexity index is 610. The van der Waals surface area contributed by atoms with Crippen molar-refractivity contribution in [2.24, 2.45) is 5.73 Å². The molecule has 0 amide bonds. The van der Waals surface area contributed by atoms with Gasteiger partial charge in [0.1, 0.15) is 16.6 Å². The number of nitrogens with two attached hydrogens (primary N) is 1. The second-order valence-corrected chi connectivity index (χ2v) is 5.10. The van der Waals surface area contributed by atoms with Crippen LogP contribution in [-0.2, 0) is 11.3 Å². The van der Waals surface area contributed by atoms with Crippen molar-refractivity contribution < 1.29 is 9.47 Å². The molecule has 0 atom stereocenters. The zero-order valence-electron chi connectivity index (χ0n) is 11.5. The van der Waals surface area contributed by atoms with Gasteiger partial charge in [-0.3, -0.25) is 5.41 Å². The molecule has 0 aliphatic heterocycles. The van der Waals surface area contributed by atoms with Crippen LogP contribution in [-0.4, -0.2) is 24.5 Å². The Morgan fingerprint density at radius 3 is 2.90 bits per heavy atom. The van der Waals surface area contributed by atoms with Crippen molar-refractivity contribution in [3.05, 3.63) is 34.8 Å². The lowest BCUT2D eigenvalue weighted by atomic mass is 10.2. The number of nitrogens with zero attached hydrogens (tertiary/aromatic N) is 1. The SMILES string of the molecule is CCOc1cccc(-c2nc(COC)c(C(=N)N)s2)c1. The molecule has 6 heteroatoms. The van der Waals surface area contributed by atoms with Crippen LogP contribution in [0.15, 0.2) is 24.3 Å². The van der Waals surface area contributed by atoms with Crippen molar-refractivity contribution in [1.29, 1.82) is 5.41 Å². The Kier molecular flexibility index (Phi) is 4.70. The molecular formula is C14H17N3O2S. The molecule has 3 N–H and O–H groups in total. The van der Waals surface area contributed by atoms with Crippen molar-refractivity contribution >= 4 is 17.2 Å². The van der Waals surface area contributed by atoms with Gasteiger partial charge in [0.05, 0.1) is 23.8 Å². The number of benzene rings is 1. The van der Waals surface area contributed by atoms with Crippen molar-refractivity contribution in [3.63, 3.8) is 0 Å². The van der Waals surface area contributed by atoms with Crippen LogP contribution < -0.4 is 10.5 Å². The maximum absolute atomic E-state index is 7.61. The van der Waals surface area contributed by atoms with Crippen LogP contribution in [0.1, 0.15) is 17.5 Å². The van der Waals surface area contributed by atoms with Crippen molar-refractivity contribution in [1.82, 2.24) is 4.98 Å². The Balaban J connectivity index is 2.39. The fourth-order valence-electron chi connectivity index (χ4n) is 1.81. The molecule has 0 aliphatic rings. The summed E-state index contributed by atoms with van der Waals surface area (Å²) < 4.78 is 10.6. The molecule has 2 rings (SSSR count). The number of hydrogen-bond donors (Lipinski definition) is 2. The van der Waals surface area contributed by atoms with Crippen molar-refractivity contribution in [2.75, 3.05) is 13.7 Å². The van der Waals surface area contributed by atoms with Gasteiger partial charge in [0.15, 0.2) is 0 Å². The highest BCUT2D eigenvalue weighted by atomic mass is 32.1. The zero-order valence-corrected chi connectivity index (χ0v) is 12.3. The highest BCUT2D eigenvalue weighted by Gasteiger charge is 2.15. The summed E-state index contributed by atoms with van der Waals surface area (Å²) in [5, 5.41) is 8.42. The highest BCUT2D eigenvalue weighted by Crippen LogP contribution is 2.30. The third-order valence-corrected chi connectivity index (χ3v) is 3.80. The molecule has 20 heavy (non-hydrogen) atoms. The first-order valence-corrected chi connectivity index (χ1v) is 7.03. The average Bonchev–Trinajstić information content (AvgIpc) is 2.84. The molecule has 0 saturated heterocycles. The second-order valence-electron chi connectivity index (χ2n) is 4.10. The Hall–Kier alpha value is -1.92. The molecular weight excluding hydrogens is 274 g/mol. The number of hydrogen-bond acceptors (Lipinski definition) is 5. The van der Waals surface area contributed by atoms with Gasteiger partial charge in [0, 0.05) is 12.7 Å². The molecule has 106 valence electrons. The van der Waals surface area contributed by atoms with Crippen LogP contribution in [0.3, 0.4) is 0 Å². The van der Waals surface area contributed by atoms with Gasteiger partial charge in [-0.1, -0.05) is 12.1 Å². The van der Waals surface area contributed by atoms with Gasteiger partial charge in [-0.25, -0.2) is 4.98 Å². The normalized spacial score (nSPS) is 10.5. The Labute approximate surface area is 121 Å². The fraction of sp³-hybridized carbons (Fsp3) is 0.286. The van der Waals surface area contributed by atoms with Gasteiger partial charge in [0.25, 0.3) is 0 Å². The maximum atomic E-state index is 7.61. The molecule has 2 aromatic rings. The molecule has 0 radical (unpaired) electrons. The van der Waals surface area contributed by atoms with Crippen LogP contribution in [0.25, 0.3) is 10.6 Å². The first-order valence-electron chi connectivity index (χ1n) is 6.22. The molecule has 0 bridgehead atoms. The summed E-state index contributed by atoms with van der Waals surface area (Å²) in [4.78, 5) is 5.17. The number of amidine groups is 1. The van der Waals surface area contributed by atoms with Gasteiger partial charge in [-0.15, -0.1) is 11.3 Å². The summed E-state index contributed by atoms with van der Waals surface area (Å²) in [6.45, 7) is 2.91. The predicted octanol–water partition coefficient (Wildman–Crippen LogP) is 2.64. The lowest BCUT2D eigenvalue weighted by molar-refractivity contribution is 0.182. The quantitative estimate of drug-likeness (QED) is 0.633. The summed E-state index contributed by atoms with van der Waals surface area (Å²) in [5.74, 6) is 0.819. The second kappa shape index (κ2) is 6.49. The topological polar surface area (TPSA) is 81.2 Å². The first-order chi connectivity index (χ1) is 9.65. The monoisotopic (exact) mass is 291 g/mol. The number of aromatic nitrogens is 1. The number of thiazole rings is 1. The van der Waals surface area contributed by atoms with E-state index in [-0.39, 0.29) is 5.84 Å². The van der Waals surface area contributed by atoms with Gasteiger partial charge < -0.3 is 15.2 Å². The van der Waals surface area contributed by atoms with E-state index in [0.717, 1.165) is 16.3 Å². The standard InChI is InChI=1S/C14H17N3O2S/c1-3-19-10-6-4-5-9(7-10)14-17-11(8-18-2)12(20-14)13(15)16/h4-7H,3,8H2,1-2H3,(H3,15,16). The smallest absolute Gasteiger partial charge is 0.135 e. The van der Waals surface area contributed by atoms with Crippen LogP contribution in [0, 0.1) is 5.41 Å². The zero-order chi connectivity index (χ0) is 14.5. The lowest BCUT2D eigenvalue weighted by Crippen LogP contribution is -2.11. The molecule has 5 nitrogen and oxygen atoms in total. The molecule has 1 aromatic carbocycles. The van der Waals surface area contributed by atoms with Gasteiger partial charge in [0.2, 0.25) is 0 Å². The van der Waals surface area contributed by atoms with E-state index in [4.69, 9.17) is 20.6 Å². The number of ether oxygens (including phenoxy) is 2. The van der Waals surface area contributed by atoms with Crippen molar-refractivity contribution in [2.45, 2.75) is 13.5 Å². The van der Waals surface area contributed by atoms with E-state index in [0.29, 0.717) is 23.8 Å². The summed E-state index contributed by atoms with van der Waals surface area (Å²) >= 11 is 1.39. The van der Waals surface area contributed by atoms with E-state index in [2.05, 4.69) is 4.98 Å². The number of methoxy groups -OCH3 is 1. The summed E-state index contributed by atoms with van der Waals surface area (Å²) in [5.41, 5.74) is 7.23. The van der Waals surface area contributed by atoms with Crippen LogP contribution >= 0.6 is 11.3 Å². The van der Waals surface area contributed by atoms with Gasteiger partial charge in [-0.05, 0) is 19.1 Å². The molecule has 0 spiro atoms. The Morgan fingerprint density at radius 2 is 2.25 bits per heavy atom. The van der Waals surface area contributed by atoms with Gasteiger partial charge >= 0.3 is 0 Å². The minimum atomic E-state index is 0.0155. The molecule has 0 aliphatic carbocycles. The molecule has 0 unspecified atom stereocenters. The lowest BCUT2D eigenvalue weighted by Gasteiger charge is -2.03. The molecule has 1 heterocycles. The van der Waals surface area contributed by atoms with Gasteiger partial charge in [-0.2, -0.15) is 0 Å².